The summed E-state index contributed by atoms with van der Waals surface area (Å²) >= 11 is 0. The Hall–Kier alpha value is -1.37. The third-order valence-corrected chi connectivity index (χ3v) is 4.04. The van der Waals surface area contributed by atoms with Gasteiger partial charge >= 0.3 is 0 Å². The number of halogens is 2. The SMILES string of the molecule is Cl.NC[C@H]1CC[C@@H](C(=O)Nc2ccc(F)cc2OCC2CC2)O1. The molecule has 1 aromatic rings. The van der Waals surface area contributed by atoms with Crippen LogP contribution in [0, 0.1) is 11.7 Å². The van der Waals surface area contributed by atoms with E-state index < -0.39 is 6.10 Å². The number of amides is 1. The first-order valence-corrected chi connectivity index (χ1v) is 7.74. The number of anilines is 1. The summed E-state index contributed by atoms with van der Waals surface area (Å²) in [5.74, 6) is 0.298. The van der Waals surface area contributed by atoms with Crippen molar-refractivity contribution in [2.24, 2.45) is 11.7 Å². The maximum Gasteiger partial charge on any atom is 0.253 e. The number of rotatable bonds is 6. The molecule has 1 heterocycles. The van der Waals surface area contributed by atoms with Crippen molar-refractivity contribution in [2.75, 3.05) is 18.5 Å². The number of hydrogen-bond acceptors (Lipinski definition) is 4. The van der Waals surface area contributed by atoms with Crippen LogP contribution in [-0.4, -0.2) is 31.3 Å². The van der Waals surface area contributed by atoms with Gasteiger partial charge in [0.05, 0.1) is 18.4 Å². The fourth-order valence-corrected chi connectivity index (χ4v) is 2.50. The Morgan fingerprint density at radius 3 is 2.78 bits per heavy atom. The smallest absolute Gasteiger partial charge is 0.253 e. The van der Waals surface area contributed by atoms with Crippen LogP contribution < -0.4 is 15.8 Å². The molecule has 2 aliphatic rings. The highest BCUT2D eigenvalue weighted by Gasteiger charge is 2.30. The van der Waals surface area contributed by atoms with E-state index in [0.717, 1.165) is 19.3 Å². The average Bonchev–Trinajstić information content (AvgIpc) is 3.21. The van der Waals surface area contributed by atoms with Gasteiger partial charge in [-0.1, -0.05) is 0 Å². The van der Waals surface area contributed by atoms with E-state index in [-0.39, 0.29) is 30.2 Å². The molecule has 3 N–H and O–H groups in total. The van der Waals surface area contributed by atoms with E-state index in [0.29, 0.717) is 36.9 Å². The Balaban J connectivity index is 0.00000192. The number of hydrogen-bond donors (Lipinski definition) is 2. The summed E-state index contributed by atoms with van der Waals surface area (Å²) in [4.78, 5) is 12.2. The summed E-state index contributed by atoms with van der Waals surface area (Å²) in [5, 5.41) is 2.77. The van der Waals surface area contributed by atoms with Gasteiger partial charge in [0.15, 0.2) is 0 Å². The van der Waals surface area contributed by atoms with Gasteiger partial charge in [0.2, 0.25) is 0 Å². The number of benzene rings is 1. The second kappa shape index (κ2) is 7.95. The summed E-state index contributed by atoms with van der Waals surface area (Å²) in [5.41, 5.74) is 6.02. The Morgan fingerprint density at radius 1 is 1.35 bits per heavy atom. The molecule has 3 rings (SSSR count). The van der Waals surface area contributed by atoms with Crippen molar-refractivity contribution in [2.45, 2.75) is 37.9 Å². The first kappa shape index (κ1) is 18.0. The summed E-state index contributed by atoms with van der Waals surface area (Å²) in [6.45, 7) is 0.970. The molecule has 5 nitrogen and oxygen atoms in total. The zero-order valence-corrected chi connectivity index (χ0v) is 13.6. The summed E-state index contributed by atoms with van der Waals surface area (Å²) in [6.07, 6.45) is 3.15. The predicted octanol–water partition coefficient (Wildman–Crippen LogP) is 2.48. The van der Waals surface area contributed by atoms with Crippen LogP contribution in [0.15, 0.2) is 18.2 Å². The standard InChI is InChI=1S/C16H21FN2O3.ClH/c17-11-3-5-13(15(7-11)21-9-10-1-2-10)19-16(20)14-6-4-12(8-18)22-14;/h3,5,7,10,12,14H,1-2,4,6,8-9,18H2,(H,19,20);1H/t12-,14+;/m1./s1. The van der Waals surface area contributed by atoms with Gasteiger partial charge in [-0.05, 0) is 43.7 Å². The van der Waals surface area contributed by atoms with Gasteiger partial charge in [-0.2, -0.15) is 0 Å². The molecule has 23 heavy (non-hydrogen) atoms. The van der Waals surface area contributed by atoms with Gasteiger partial charge < -0.3 is 20.5 Å². The Bertz CT molecular complexity index is 554. The van der Waals surface area contributed by atoms with Gasteiger partial charge in [0, 0.05) is 12.6 Å². The third kappa shape index (κ3) is 4.80. The van der Waals surface area contributed by atoms with Crippen molar-refractivity contribution in [1.82, 2.24) is 0 Å². The molecule has 0 unspecified atom stereocenters. The third-order valence-electron chi connectivity index (χ3n) is 4.04. The predicted molar refractivity (Wildman–Crippen MR) is 87.4 cm³/mol. The maximum atomic E-state index is 13.4. The van der Waals surface area contributed by atoms with Crippen LogP contribution in [0.1, 0.15) is 25.7 Å². The van der Waals surface area contributed by atoms with E-state index in [4.69, 9.17) is 15.2 Å². The van der Waals surface area contributed by atoms with Gasteiger partial charge in [-0.15, -0.1) is 12.4 Å². The quantitative estimate of drug-likeness (QED) is 0.831. The minimum Gasteiger partial charge on any atom is -0.491 e. The molecule has 0 bridgehead atoms. The van der Waals surface area contributed by atoms with Crippen molar-refractivity contribution in [3.05, 3.63) is 24.0 Å². The fraction of sp³-hybridized carbons (Fsp3) is 0.562. The van der Waals surface area contributed by atoms with E-state index in [1.54, 1.807) is 0 Å². The Labute approximate surface area is 141 Å². The van der Waals surface area contributed by atoms with Crippen LogP contribution in [0.3, 0.4) is 0 Å². The second-order valence-electron chi connectivity index (χ2n) is 5.94. The van der Waals surface area contributed by atoms with Gasteiger partial charge in [-0.3, -0.25) is 4.79 Å². The Kier molecular flexibility index (Phi) is 6.21. The number of nitrogens with one attached hydrogen (secondary N) is 1. The highest BCUT2D eigenvalue weighted by Crippen LogP contribution is 2.32. The van der Waals surface area contributed by atoms with E-state index in [1.807, 2.05) is 0 Å². The van der Waals surface area contributed by atoms with Crippen molar-refractivity contribution in [1.29, 1.82) is 0 Å². The van der Waals surface area contributed by atoms with Crippen molar-refractivity contribution in [3.8, 4) is 5.75 Å². The van der Waals surface area contributed by atoms with Crippen molar-refractivity contribution < 1.29 is 18.7 Å². The molecule has 1 saturated heterocycles. The van der Waals surface area contributed by atoms with Gasteiger partial charge in [0.25, 0.3) is 5.91 Å². The van der Waals surface area contributed by atoms with Crippen LogP contribution in [0.25, 0.3) is 0 Å². The minimum absolute atomic E-state index is 0. The van der Waals surface area contributed by atoms with Crippen molar-refractivity contribution >= 4 is 24.0 Å². The first-order chi connectivity index (χ1) is 10.7. The number of carbonyl (C=O) groups is 1. The number of nitrogens with two attached hydrogens (primary N) is 1. The zero-order chi connectivity index (χ0) is 15.5. The van der Waals surface area contributed by atoms with Crippen LogP contribution in [-0.2, 0) is 9.53 Å². The highest BCUT2D eigenvalue weighted by molar-refractivity contribution is 5.95. The topological polar surface area (TPSA) is 73.6 Å². The van der Waals surface area contributed by atoms with E-state index >= 15 is 0 Å². The van der Waals surface area contributed by atoms with Gasteiger partial charge in [0.1, 0.15) is 17.7 Å². The second-order valence-corrected chi connectivity index (χ2v) is 5.94. The number of ether oxygens (including phenoxy) is 2. The first-order valence-electron chi connectivity index (χ1n) is 7.74. The van der Waals surface area contributed by atoms with Crippen LogP contribution in [0.4, 0.5) is 10.1 Å². The molecule has 2 atom stereocenters. The van der Waals surface area contributed by atoms with E-state index in [1.165, 1.54) is 18.2 Å². The highest BCUT2D eigenvalue weighted by atomic mass is 35.5. The molecule has 1 aromatic carbocycles. The lowest BCUT2D eigenvalue weighted by molar-refractivity contribution is -0.126. The molecular formula is C16H22ClFN2O3. The summed E-state index contributed by atoms with van der Waals surface area (Å²) in [6, 6.07) is 4.12. The molecule has 1 amide bonds. The molecule has 0 aromatic heterocycles. The normalized spacial score (nSPS) is 23.2. The number of carbonyl (C=O) groups excluding carboxylic acids is 1. The van der Waals surface area contributed by atoms with Crippen LogP contribution >= 0.6 is 12.4 Å². The lowest BCUT2D eigenvalue weighted by Gasteiger charge is -2.15. The van der Waals surface area contributed by atoms with E-state index in [9.17, 15) is 9.18 Å². The zero-order valence-electron chi connectivity index (χ0n) is 12.8. The average molecular weight is 345 g/mol. The fourth-order valence-electron chi connectivity index (χ4n) is 2.50. The minimum atomic E-state index is -0.505. The molecule has 2 fully saturated rings. The maximum absolute atomic E-state index is 13.4. The lowest BCUT2D eigenvalue weighted by atomic mass is 10.2. The van der Waals surface area contributed by atoms with E-state index in [2.05, 4.69) is 5.32 Å². The van der Waals surface area contributed by atoms with Crippen LogP contribution in [0.2, 0.25) is 0 Å². The monoisotopic (exact) mass is 344 g/mol. The molecular weight excluding hydrogens is 323 g/mol. The lowest BCUT2D eigenvalue weighted by Crippen LogP contribution is -2.30. The molecule has 7 heteroatoms. The van der Waals surface area contributed by atoms with Gasteiger partial charge in [-0.25, -0.2) is 4.39 Å². The molecule has 0 radical (unpaired) electrons. The molecule has 1 aliphatic heterocycles. The van der Waals surface area contributed by atoms with Crippen molar-refractivity contribution in [3.63, 3.8) is 0 Å². The molecule has 1 aliphatic carbocycles. The van der Waals surface area contributed by atoms with Crippen LogP contribution in [0.5, 0.6) is 5.75 Å². The molecule has 128 valence electrons. The molecule has 1 saturated carbocycles. The summed E-state index contributed by atoms with van der Waals surface area (Å²) in [7, 11) is 0. The summed E-state index contributed by atoms with van der Waals surface area (Å²) < 4.78 is 24.6. The molecule has 0 spiro atoms. The largest absolute Gasteiger partial charge is 0.491 e. The Morgan fingerprint density at radius 2 is 2.13 bits per heavy atom.